The molecular weight excluding hydrogens is 328 g/mol. The van der Waals surface area contributed by atoms with E-state index in [-0.39, 0.29) is 0 Å². The normalized spacial score (nSPS) is 10.5. The maximum absolute atomic E-state index is 11.8. The third-order valence-corrected chi connectivity index (χ3v) is 3.72. The SMILES string of the molecule is COC(=O)c1ccncc1Nc1cc(-c2cccc(Cl)c2)nn1C. The van der Waals surface area contributed by atoms with Gasteiger partial charge in [-0.3, -0.25) is 9.67 Å². The summed E-state index contributed by atoms with van der Waals surface area (Å²) in [5, 5.41) is 8.28. The molecule has 1 N–H and O–H groups in total. The van der Waals surface area contributed by atoms with Crippen molar-refractivity contribution in [3.63, 3.8) is 0 Å². The molecule has 0 aliphatic carbocycles. The van der Waals surface area contributed by atoms with Crippen LogP contribution in [-0.2, 0) is 11.8 Å². The molecule has 0 spiro atoms. The van der Waals surface area contributed by atoms with E-state index in [1.54, 1.807) is 16.9 Å². The first-order valence-electron chi connectivity index (χ1n) is 7.18. The number of pyridine rings is 1. The van der Waals surface area contributed by atoms with Gasteiger partial charge >= 0.3 is 5.97 Å². The number of aromatic nitrogens is 3. The fourth-order valence-electron chi connectivity index (χ4n) is 2.29. The first-order valence-corrected chi connectivity index (χ1v) is 7.55. The van der Waals surface area contributed by atoms with Crippen molar-refractivity contribution >= 4 is 29.1 Å². The van der Waals surface area contributed by atoms with Gasteiger partial charge in [0.2, 0.25) is 0 Å². The summed E-state index contributed by atoms with van der Waals surface area (Å²) in [7, 11) is 3.15. The molecule has 0 aliphatic rings. The van der Waals surface area contributed by atoms with Gasteiger partial charge in [0.05, 0.1) is 30.3 Å². The average Bonchev–Trinajstić information content (AvgIpc) is 2.95. The van der Waals surface area contributed by atoms with Crippen molar-refractivity contribution in [1.29, 1.82) is 0 Å². The third kappa shape index (κ3) is 3.23. The Bertz CT molecular complexity index is 892. The van der Waals surface area contributed by atoms with Gasteiger partial charge in [0.1, 0.15) is 5.82 Å². The monoisotopic (exact) mass is 342 g/mol. The second kappa shape index (κ2) is 6.72. The molecule has 0 saturated carbocycles. The van der Waals surface area contributed by atoms with Gasteiger partial charge in [-0.2, -0.15) is 5.10 Å². The number of rotatable bonds is 4. The van der Waals surface area contributed by atoms with Gasteiger partial charge < -0.3 is 10.1 Å². The number of carbonyl (C=O) groups excluding carboxylic acids is 1. The minimum Gasteiger partial charge on any atom is -0.465 e. The number of esters is 1. The summed E-state index contributed by atoms with van der Waals surface area (Å²) in [5.74, 6) is 0.278. The molecule has 0 atom stereocenters. The minimum atomic E-state index is -0.433. The second-order valence-electron chi connectivity index (χ2n) is 5.09. The Kier molecular flexibility index (Phi) is 4.48. The van der Waals surface area contributed by atoms with Crippen molar-refractivity contribution < 1.29 is 9.53 Å². The van der Waals surface area contributed by atoms with E-state index in [0.717, 1.165) is 11.3 Å². The maximum atomic E-state index is 11.8. The van der Waals surface area contributed by atoms with Crippen molar-refractivity contribution in [2.45, 2.75) is 0 Å². The van der Waals surface area contributed by atoms with Crippen LogP contribution in [0.15, 0.2) is 48.8 Å². The molecule has 6 nitrogen and oxygen atoms in total. The number of benzene rings is 1. The highest BCUT2D eigenvalue weighted by atomic mass is 35.5. The molecule has 3 rings (SSSR count). The summed E-state index contributed by atoms with van der Waals surface area (Å²) in [6.45, 7) is 0. The number of halogens is 1. The van der Waals surface area contributed by atoms with E-state index in [1.807, 2.05) is 37.4 Å². The molecule has 0 amide bonds. The topological polar surface area (TPSA) is 69.0 Å². The number of aryl methyl sites for hydroxylation is 1. The van der Waals surface area contributed by atoms with Crippen LogP contribution >= 0.6 is 11.6 Å². The quantitative estimate of drug-likeness (QED) is 0.733. The van der Waals surface area contributed by atoms with Crippen molar-refractivity contribution in [3.8, 4) is 11.3 Å². The van der Waals surface area contributed by atoms with Crippen LogP contribution in [0.25, 0.3) is 11.3 Å². The Morgan fingerprint density at radius 1 is 1.29 bits per heavy atom. The van der Waals surface area contributed by atoms with Crippen LogP contribution in [0.4, 0.5) is 11.5 Å². The molecule has 2 aromatic heterocycles. The van der Waals surface area contributed by atoms with Crippen molar-refractivity contribution in [2.75, 3.05) is 12.4 Å². The molecule has 0 unspecified atom stereocenters. The van der Waals surface area contributed by atoms with Gasteiger partial charge in [0, 0.05) is 29.9 Å². The van der Waals surface area contributed by atoms with Gasteiger partial charge in [0.25, 0.3) is 0 Å². The van der Waals surface area contributed by atoms with Crippen LogP contribution in [0.2, 0.25) is 5.02 Å². The lowest BCUT2D eigenvalue weighted by Crippen LogP contribution is -2.07. The highest BCUT2D eigenvalue weighted by molar-refractivity contribution is 6.30. The van der Waals surface area contributed by atoms with E-state index >= 15 is 0 Å². The number of carbonyl (C=O) groups is 1. The van der Waals surface area contributed by atoms with Crippen molar-refractivity contribution in [3.05, 3.63) is 59.4 Å². The molecule has 0 aliphatic heterocycles. The molecule has 7 heteroatoms. The number of nitrogens with zero attached hydrogens (tertiary/aromatic N) is 3. The molecule has 0 radical (unpaired) electrons. The van der Waals surface area contributed by atoms with Gasteiger partial charge in [-0.05, 0) is 18.2 Å². The Morgan fingerprint density at radius 3 is 2.88 bits per heavy atom. The van der Waals surface area contributed by atoms with Crippen LogP contribution < -0.4 is 5.32 Å². The van der Waals surface area contributed by atoms with Crippen LogP contribution in [0, 0.1) is 0 Å². The summed E-state index contributed by atoms with van der Waals surface area (Å²) < 4.78 is 6.47. The summed E-state index contributed by atoms with van der Waals surface area (Å²) in [4.78, 5) is 15.9. The Morgan fingerprint density at radius 2 is 2.12 bits per heavy atom. The molecule has 2 heterocycles. The van der Waals surface area contributed by atoms with Crippen LogP contribution in [-0.4, -0.2) is 27.8 Å². The fraction of sp³-hybridized carbons (Fsp3) is 0.118. The average molecular weight is 343 g/mol. The molecule has 0 bridgehead atoms. The largest absolute Gasteiger partial charge is 0.465 e. The van der Waals surface area contributed by atoms with E-state index in [4.69, 9.17) is 16.3 Å². The summed E-state index contributed by atoms with van der Waals surface area (Å²) >= 11 is 6.03. The minimum absolute atomic E-state index is 0.401. The highest BCUT2D eigenvalue weighted by Gasteiger charge is 2.14. The standard InChI is InChI=1S/C17H15ClN4O2/c1-22-16(9-14(21-22)11-4-3-5-12(18)8-11)20-15-10-19-7-6-13(15)17(23)24-2/h3-10,20H,1-2H3. The van der Waals surface area contributed by atoms with Crippen LogP contribution in [0.5, 0.6) is 0 Å². The van der Waals surface area contributed by atoms with E-state index < -0.39 is 5.97 Å². The van der Waals surface area contributed by atoms with E-state index in [9.17, 15) is 4.79 Å². The van der Waals surface area contributed by atoms with Gasteiger partial charge in [-0.1, -0.05) is 23.7 Å². The van der Waals surface area contributed by atoms with E-state index in [0.29, 0.717) is 22.1 Å². The van der Waals surface area contributed by atoms with E-state index in [2.05, 4.69) is 15.4 Å². The zero-order valence-corrected chi connectivity index (χ0v) is 13.9. The first kappa shape index (κ1) is 16.0. The van der Waals surface area contributed by atoms with Gasteiger partial charge in [-0.25, -0.2) is 4.79 Å². The number of methoxy groups -OCH3 is 1. The third-order valence-electron chi connectivity index (χ3n) is 3.49. The number of hydrogen-bond donors (Lipinski definition) is 1. The van der Waals surface area contributed by atoms with Gasteiger partial charge in [-0.15, -0.1) is 0 Å². The lowest BCUT2D eigenvalue weighted by molar-refractivity contribution is 0.0602. The number of hydrogen-bond acceptors (Lipinski definition) is 5. The second-order valence-corrected chi connectivity index (χ2v) is 5.52. The Hall–Kier alpha value is -2.86. The molecule has 3 aromatic rings. The molecule has 24 heavy (non-hydrogen) atoms. The van der Waals surface area contributed by atoms with Gasteiger partial charge in [0.15, 0.2) is 0 Å². The Balaban J connectivity index is 1.94. The zero-order valence-electron chi connectivity index (χ0n) is 13.2. The lowest BCUT2D eigenvalue weighted by atomic mass is 10.1. The molecule has 1 aromatic carbocycles. The lowest BCUT2D eigenvalue weighted by Gasteiger charge is -2.09. The van der Waals surface area contributed by atoms with E-state index in [1.165, 1.54) is 13.3 Å². The molecular formula is C17H15ClN4O2. The predicted octanol–water partition coefficient (Wildman–Crippen LogP) is 3.67. The number of nitrogens with one attached hydrogen (secondary N) is 1. The molecule has 122 valence electrons. The van der Waals surface area contributed by atoms with Crippen LogP contribution in [0.3, 0.4) is 0 Å². The smallest absolute Gasteiger partial charge is 0.340 e. The summed E-state index contributed by atoms with van der Waals surface area (Å²) in [6, 6.07) is 10.9. The number of ether oxygens (including phenoxy) is 1. The fourth-order valence-corrected chi connectivity index (χ4v) is 2.48. The zero-order chi connectivity index (χ0) is 17.1. The highest BCUT2D eigenvalue weighted by Crippen LogP contribution is 2.26. The van der Waals surface area contributed by atoms with Crippen molar-refractivity contribution in [1.82, 2.24) is 14.8 Å². The summed E-state index contributed by atoms with van der Waals surface area (Å²) in [6.07, 6.45) is 3.11. The van der Waals surface area contributed by atoms with Crippen molar-refractivity contribution in [2.24, 2.45) is 7.05 Å². The summed E-state index contributed by atoms with van der Waals surface area (Å²) in [5.41, 5.74) is 2.62. The number of anilines is 2. The van der Waals surface area contributed by atoms with Crippen LogP contribution in [0.1, 0.15) is 10.4 Å². The molecule has 0 fully saturated rings. The predicted molar refractivity (Wildman–Crippen MR) is 92.5 cm³/mol. The Labute approximate surface area is 144 Å². The molecule has 0 saturated heterocycles. The first-order chi connectivity index (χ1) is 11.6. The maximum Gasteiger partial charge on any atom is 0.340 e.